The van der Waals surface area contributed by atoms with E-state index in [9.17, 15) is 0 Å². The van der Waals surface area contributed by atoms with Crippen molar-refractivity contribution in [3.63, 3.8) is 0 Å². The van der Waals surface area contributed by atoms with Crippen LogP contribution in [0.1, 0.15) is 16.4 Å². The molecule has 0 saturated carbocycles. The lowest BCUT2D eigenvalue weighted by Gasteiger charge is -2.12. The van der Waals surface area contributed by atoms with E-state index < -0.39 is 0 Å². The van der Waals surface area contributed by atoms with Gasteiger partial charge >= 0.3 is 0 Å². The van der Waals surface area contributed by atoms with E-state index in [0.717, 1.165) is 33.9 Å². The Morgan fingerprint density at radius 1 is 1.14 bits per heavy atom. The summed E-state index contributed by atoms with van der Waals surface area (Å²) < 4.78 is 1.85. The highest BCUT2D eigenvalue weighted by atomic mass is 32.2. The number of thioether (sulfide) groups is 1. The van der Waals surface area contributed by atoms with Crippen molar-refractivity contribution < 1.29 is 0 Å². The van der Waals surface area contributed by atoms with Gasteiger partial charge in [0.15, 0.2) is 5.82 Å². The van der Waals surface area contributed by atoms with Crippen molar-refractivity contribution in [2.75, 3.05) is 5.75 Å². The normalized spacial score (nSPS) is 13.8. The quantitative estimate of drug-likeness (QED) is 0.746. The third-order valence-electron chi connectivity index (χ3n) is 3.12. The molecule has 2 aromatic heterocycles. The summed E-state index contributed by atoms with van der Waals surface area (Å²) in [6.07, 6.45) is 2.53. The maximum atomic E-state index is 4.68. The van der Waals surface area contributed by atoms with Gasteiger partial charge in [0, 0.05) is 23.8 Å². The second-order valence-electron chi connectivity index (χ2n) is 4.55. The highest BCUT2D eigenvalue weighted by molar-refractivity contribution is 7.99. The molecule has 0 amide bonds. The molecular formula is C14H11N5S2. The fraction of sp³-hybridized carbons (Fsp3) is 0.143. The van der Waals surface area contributed by atoms with E-state index in [1.807, 2.05) is 28.3 Å². The van der Waals surface area contributed by atoms with E-state index in [4.69, 9.17) is 0 Å². The molecule has 3 heterocycles. The Labute approximate surface area is 129 Å². The molecule has 1 aromatic carbocycles. The van der Waals surface area contributed by atoms with E-state index >= 15 is 0 Å². The Kier molecular flexibility index (Phi) is 3.28. The zero-order valence-electron chi connectivity index (χ0n) is 11.0. The number of hydrogen-bond donors (Lipinski definition) is 0. The number of nitrogens with zero attached hydrogens (tertiary/aromatic N) is 5. The monoisotopic (exact) mass is 313 g/mol. The molecule has 4 rings (SSSR count). The van der Waals surface area contributed by atoms with Gasteiger partial charge in [-0.2, -0.15) is 9.78 Å². The van der Waals surface area contributed by atoms with Crippen LogP contribution in [-0.2, 0) is 6.42 Å². The first kappa shape index (κ1) is 12.7. The number of hydrogen-bond acceptors (Lipinski definition) is 6. The predicted molar refractivity (Wildman–Crippen MR) is 84.0 cm³/mol. The zero-order valence-corrected chi connectivity index (χ0v) is 12.6. The van der Waals surface area contributed by atoms with Crippen LogP contribution in [-0.4, -0.2) is 31.3 Å². The molecule has 7 heteroatoms. The Bertz CT molecular complexity index is 777. The molecular weight excluding hydrogens is 302 g/mol. The average Bonchev–Trinajstić information content (AvgIpc) is 3.18. The molecule has 1 aliphatic rings. The topological polar surface area (TPSA) is 56.0 Å². The van der Waals surface area contributed by atoms with E-state index in [0.29, 0.717) is 0 Å². The average molecular weight is 313 g/mol. The molecule has 0 bridgehead atoms. The minimum atomic E-state index is 0.725. The molecule has 5 nitrogen and oxygen atoms in total. The summed E-state index contributed by atoms with van der Waals surface area (Å²) in [5, 5.41) is 17.0. The van der Waals surface area contributed by atoms with Gasteiger partial charge in [-0.1, -0.05) is 42.1 Å². The largest absolute Gasteiger partial charge is 0.243 e. The first-order valence-electron chi connectivity index (χ1n) is 6.49. The Morgan fingerprint density at radius 2 is 2.05 bits per heavy atom. The van der Waals surface area contributed by atoms with Crippen molar-refractivity contribution in [3.8, 4) is 0 Å². The van der Waals surface area contributed by atoms with Gasteiger partial charge in [-0.25, -0.2) is 4.98 Å². The van der Waals surface area contributed by atoms with Gasteiger partial charge in [0.05, 0.1) is 0 Å². The van der Waals surface area contributed by atoms with Crippen LogP contribution < -0.4 is 0 Å². The Hall–Kier alpha value is -1.99. The highest BCUT2D eigenvalue weighted by Crippen LogP contribution is 2.25. The first-order chi connectivity index (χ1) is 10.4. The van der Waals surface area contributed by atoms with E-state index in [1.54, 1.807) is 29.3 Å². The van der Waals surface area contributed by atoms with Gasteiger partial charge in [-0.05, 0) is 5.56 Å². The summed E-state index contributed by atoms with van der Waals surface area (Å²) in [5.74, 6) is 1.65. The standard InChI is InChI=1S/C14H11N5S2/c1-2-4-10(5-3-1)8-12-16-17-14-19(12)18-11(9-21-14)13-15-6-7-20-13/h1-7H,8-9H2. The van der Waals surface area contributed by atoms with Crippen molar-refractivity contribution >= 4 is 28.8 Å². The van der Waals surface area contributed by atoms with Crippen LogP contribution in [0.15, 0.2) is 52.2 Å². The van der Waals surface area contributed by atoms with Crippen molar-refractivity contribution in [2.45, 2.75) is 11.6 Å². The summed E-state index contributed by atoms with van der Waals surface area (Å²) in [4.78, 5) is 4.33. The van der Waals surface area contributed by atoms with Crippen LogP contribution in [0.5, 0.6) is 0 Å². The van der Waals surface area contributed by atoms with Gasteiger partial charge < -0.3 is 0 Å². The SMILES string of the molecule is c1ccc(Cc2nnc3n2N=C(c2nccs2)CS3)cc1. The lowest BCUT2D eigenvalue weighted by Crippen LogP contribution is -2.14. The number of aromatic nitrogens is 4. The zero-order chi connectivity index (χ0) is 14.1. The van der Waals surface area contributed by atoms with Crippen molar-refractivity contribution in [2.24, 2.45) is 5.10 Å². The minimum absolute atomic E-state index is 0.725. The molecule has 0 radical (unpaired) electrons. The molecule has 21 heavy (non-hydrogen) atoms. The van der Waals surface area contributed by atoms with Crippen LogP contribution in [0.2, 0.25) is 0 Å². The summed E-state index contributed by atoms with van der Waals surface area (Å²) in [6, 6.07) is 10.2. The smallest absolute Gasteiger partial charge is 0.212 e. The Balaban J connectivity index is 1.69. The van der Waals surface area contributed by atoms with Crippen LogP contribution in [0.25, 0.3) is 0 Å². The Morgan fingerprint density at radius 3 is 2.86 bits per heavy atom. The van der Waals surface area contributed by atoms with Gasteiger partial charge in [-0.3, -0.25) is 0 Å². The summed E-state index contributed by atoms with van der Waals surface area (Å²) in [5.41, 5.74) is 2.19. The molecule has 3 aromatic rings. The second-order valence-corrected chi connectivity index (χ2v) is 6.38. The second kappa shape index (κ2) is 5.42. The fourth-order valence-corrected chi connectivity index (χ4v) is 3.67. The third kappa shape index (κ3) is 2.50. The molecule has 0 N–H and O–H groups in total. The third-order valence-corrected chi connectivity index (χ3v) is 4.87. The van der Waals surface area contributed by atoms with E-state index in [-0.39, 0.29) is 0 Å². The van der Waals surface area contributed by atoms with Gasteiger partial charge in [0.1, 0.15) is 10.7 Å². The molecule has 0 saturated heterocycles. The van der Waals surface area contributed by atoms with Gasteiger partial charge in [0.2, 0.25) is 5.16 Å². The van der Waals surface area contributed by atoms with Crippen LogP contribution in [0.4, 0.5) is 0 Å². The number of thiazole rings is 1. The maximum absolute atomic E-state index is 4.68. The van der Waals surface area contributed by atoms with Crippen molar-refractivity contribution in [3.05, 3.63) is 58.3 Å². The van der Waals surface area contributed by atoms with Crippen molar-refractivity contribution in [1.29, 1.82) is 0 Å². The van der Waals surface area contributed by atoms with Crippen LogP contribution in [0, 0.1) is 0 Å². The van der Waals surface area contributed by atoms with Gasteiger partial charge in [-0.15, -0.1) is 21.5 Å². The lowest BCUT2D eigenvalue weighted by atomic mass is 10.1. The number of rotatable bonds is 3. The molecule has 0 unspecified atom stereocenters. The summed E-state index contributed by atoms with van der Waals surface area (Å²) in [7, 11) is 0. The van der Waals surface area contributed by atoms with E-state index in [2.05, 4.69) is 32.4 Å². The minimum Gasteiger partial charge on any atom is -0.243 e. The summed E-state index contributed by atoms with van der Waals surface area (Å²) >= 11 is 3.26. The number of fused-ring (bicyclic) bond motifs is 1. The van der Waals surface area contributed by atoms with Crippen molar-refractivity contribution in [1.82, 2.24) is 19.9 Å². The van der Waals surface area contributed by atoms with Gasteiger partial charge in [0.25, 0.3) is 0 Å². The fourth-order valence-electron chi connectivity index (χ4n) is 2.13. The predicted octanol–water partition coefficient (Wildman–Crippen LogP) is 2.68. The van der Waals surface area contributed by atoms with E-state index in [1.165, 1.54) is 5.56 Å². The summed E-state index contributed by atoms with van der Waals surface area (Å²) in [6.45, 7) is 0. The first-order valence-corrected chi connectivity index (χ1v) is 8.35. The van der Waals surface area contributed by atoms with Crippen LogP contribution >= 0.6 is 23.1 Å². The molecule has 0 fully saturated rings. The molecule has 104 valence electrons. The maximum Gasteiger partial charge on any atom is 0.212 e. The molecule has 0 spiro atoms. The molecule has 0 aliphatic carbocycles. The highest BCUT2D eigenvalue weighted by Gasteiger charge is 2.20. The number of benzene rings is 1. The lowest BCUT2D eigenvalue weighted by molar-refractivity contribution is 0.720. The van der Waals surface area contributed by atoms with Crippen LogP contribution in [0.3, 0.4) is 0 Å². The molecule has 0 atom stereocenters. The molecule has 1 aliphatic heterocycles.